The monoisotopic (exact) mass is 352 g/mol. The van der Waals surface area contributed by atoms with E-state index in [0.717, 1.165) is 15.9 Å². The van der Waals surface area contributed by atoms with E-state index in [0.29, 0.717) is 11.9 Å². The lowest BCUT2D eigenvalue weighted by Crippen LogP contribution is -2.45. The number of aromatic nitrogens is 2. The summed E-state index contributed by atoms with van der Waals surface area (Å²) < 4.78 is 1.03. The number of H-pyrrole nitrogens is 1. The third-order valence-electron chi connectivity index (χ3n) is 4.11. The Bertz CT molecular complexity index is 1050. The minimum absolute atomic E-state index is 0.277. The standard InChI is InChI=1S/C19H20N4O3/c1-3-22(14-10-8-13(2)9-11-14)20-17(24)12-23-19(26)16-7-5-4-6-15(16)18(25)21-23/h4-11H,3,12H2,1-2H3,(H,20,24)(H,21,25). The van der Waals surface area contributed by atoms with Gasteiger partial charge in [0.2, 0.25) is 0 Å². The number of nitrogens with one attached hydrogen (secondary N) is 2. The lowest BCUT2D eigenvalue weighted by atomic mass is 10.2. The van der Waals surface area contributed by atoms with Crippen molar-refractivity contribution in [2.24, 2.45) is 0 Å². The summed E-state index contributed by atoms with van der Waals surface area (Å²) in [6.07, 6.45) is 0. The van der Waals surface area contributed by atoms with Crippen LogP contribution in [0.1, 0.15) is 12.5 Å². The number of anilines is 1. The summed E-state index contributed by atoms with van der Waals surface area (Å²) in [5.41, 5.74) is 3.91. The second-order valence-electron chi connectivity index (χ2n) is 5.99. The van der Waals surface area contributed by atoms with E-state index in [4.69, 9.17) is 0 Å². The fourth-order valence-electron chi connectivity index (χ4n) is 2.74. The van der Waals surface area contributed by atoms with Crippen LogP contribution in [0.5, 0.6) is 0 Å². The van der Waals surface area contributed by atoms with Crippen LogP contribution in [0.3, 0.4) is 0 Å². The maximum atomic E-state index is 12.5. The van der Waals surface area contributed by atoms with Gasteiger partial charge in [-0.1, -0.05) is 29.8 Å². The largest absolute Gasteiger partial charge is 0.286 e. The molecule has 1 amide bonds. The number of aromatic amines is 1. The Kier molecular flexibility index (Phi) is 4.88. The van der Waals surface area contributed by atoms with Gasteiger partial charge in [0.15, 0.2) is 0 Å². The van der Waals surface area contributed by atoms with E-state index in [-0.39, 0.29) is 11.9 Å². The number of amides is 1. The van der Waals surface area contributed by atoms with Crippen molar-refractivity contribution in [1.29, 1.82) is 0 Å². The predicted molar refractivity (Wildman–Crippen MR) is 101 cm³/mol. The SMILES string of the molecule is CCN(NC(=O)Cn1[nH]c(=O)c2ccccc2c1=O)c1ccc(C)cc1. The molecule has 0 aliphatic heterocycles. The summed E-state index contributed by atoms with van der Waals surface area (Å²) in [5.74, 6) is -0.402. The predicted octanol–water partition coefficient (Wildman–Crippen LogP) is 1.56. The summed E-state index contributed by atoms with van der Waals surface area (Å²) in [7, 11) is 0. The molecule has 0 fully saturated rings. The third kappa shape index (κ3) is 3.51. The van der Waals surface area contributed by atoms with Gasteiger partial charge in [0.25, 0.3) is 17.0 Å². The highest BCUT2D eigenvalue weighted by atomic mass is 16.2. The van der Waals surface area contributed by atoms with Crippen molar-refractivity contribution in [2.75, 3.05) is 11.6 Å². The van der Waals surface area contributed by atoms with Crippen LogP contribution >= 0.6 is 0 Å². The molecule has 3 aromatic rings. The quantitative estimate of drug-likeness (QED) is 0.682. The lowest BCUT2D eigenvalue weighted by Gasteiger charge is -2.24. The Hall–Kier alpha value is -3.35. The first-order valence-corrected chi connectivity index (χ1v) is 8.35. The van der Waals surface area contributed by atoms with E-state index in [1.54, 1.807) is 29.3 Å². The van der Waals surface area contributed by atoms with E-state index < -0.39 is 17.0 Å². The number of carbonyl (C=O) groups is 1. The van der Waals surface area contributed by atoms with Gasteiger partial charge < -0.3 is 0 Å². The number of hydrazine groups is 1. The maximum absolute atomic E-state index is 12.5. The van der Waals surface area contributed by atoms with Crippen LogP contribution < -0.4 is 21.6 Å². The van der Waals surface area contributed by atoms with E-state index in [9.17, 15) is 14.4 Å². The lowest BCUT2D eigenvalue weighted by molar-refractivity contribution is -0.122. The van der Waals surface area contributed by atoms with Gasteiger partial charge >= 0.3 is 0 Å². The summed E-state index contributed by atoms with van der Waals surface area (Å²) in [6.45, 7) is 4.17. The van der Waals surface area contributed by atoms with Crippen LogP contribution in [0.2, 0.25) is 0 Å². The maximum Gasteiger partial charge on any atom is 0.273 e. The molecule has 0 saturated heterocycles. The third-order valence-corrected chi connectivity index (χ3v) is 4.11. The van der Waals surface area contributed by atoms with E-state index in [2.05, 4.69) is 10.5 Å². The molecule has 7 heteroatoms. The molecular weight excluding hydrogens is 332 g/mol. The van der Waals surface area contributed by atoms with Crippen molar-refractivity contribution in [3.63, 3.8) is 0 Å². The molecule has 1 aromatic heterocycles. The van der Waals surface area contributed by atoms with Gasteiger partial charge in [-0.3, -0.25) is 29.9 Å². The van der Waals surface area contributed by atoms with Gasteiger partial charge in [-0.2, -0.15) is 0 Å². The second-order valence-corrected chi connectivity index (χ2v) is 5.99. The molecule has 134 valence electrons. The number of rotatable bonds is 5. The van der Waals surface area contributed by atoms with E-state index in [1.807, 2.05) is 38.1 Å². The van der Waals surface area contributed by atoms with Crippen molar-refractivity contribution in [3.8, 4) is 0 Å². The molecule has 0 spiro atoms. The molecule has 0 saturated carbocycles. The molecule has 3 rings (SSSR count). The van der Waals surface area contributed by atoms with E-state index in [1.165, 1.54) is 0 Å². The zero-order valence-electron chi connectivity index (χ0n) is 14.7. The van der Waals surface area contributed by atoms with Crippen molar-refractivity contribution < 1.29 is 4.79 Å². The zero-order chi connectivity index (χ0) is 18.7. The highest BCUT2D eigenvalue weighted by Crippen LogP contribution is 2.12. The highest BCUT2D eigenvalue weighted by Gasteiger charge is 2.12. The summed E-state index contributed by atoms with van der Waals surface area (Å²) in [4.78, 5) is 37.0. The first-order valence-electron chi connectivity index (χ1n) is 8.35. The summed E-state index contributed by atoms with van der Waals surface area (Å²) in [6, 6.07) is 14.2. The van der Waals surface area contributed by atoms with Crippen molar-refractivity contribution >= 4 is 22.4 Å². The van der Waals surface area contributed by atoms with Crippen LogP contribution in [-0.2, 0) is 11.3 Å². The molecule has 0 aliphatic carbocycles. The van der Waals surface area contributed by atoms with Gasteiger partial charge in [-0.25, -0.2) is 4.68 Å². The molecule has 26 heavy (non-hydrogen) atoms. The van der Waals surface area contributed by atoms with Crippen LogP contribution in [0.4, 0.5) is 5.69 Å². The van der Waals surface area contributed by atoms with Gasteiger partial charge in [-0.15, -0.1) is 0 Å². The number of hydrogen-bond donors (Lipinski definition) is 2. The Balaban J connectivity index is 1.82. The Morgan fingerprint density at radius 3 is 2.38 bits per heavy atom. The first-order chi connectivity index (χ1) is 12.5. The number of carbonyl (C=O) groups excluding carboxylic acids is 1. The Morgan fingerprint density at radius 1 is 1.08 bits per heavy atom. The minimum Gasteiger partial charge on any atom is -0.286 e. The topological polar surface area (TPSA) is 87.2 Å². The van der Waals surface area contributed by atoms with E-state index >= 15 is 0 Å². The molecule has 7 nitrogen and oxygen atoms in total. The van der Waals surface area contributed by atoms with Crippen LogP contribution in [0.25, 0.3) is 10.8 Å². The fraction of sp³-hybridized carbons (Fsp3) is 0.211. The van der Waals surface area contributed by atoms with Gasteiger partial charge in [0.1, 0.15) is 6.54 Å². The molecule has 0 aliphatic rings. The smallest absolute Gasteiger partial charge is 0.273 e. The minimum atomic E-state index is -0.409. The Labute approximate surface area is 149 Å². The average Bonchev–Trinajstić information content (AvgIpc) is 2.65. The molecule has 0 unspecified atom stereocenters. The van der Waals surface area contributed by atoms with Gasteiger partial charge in [-0.05, 0) is 38.1 Å². The Morgan fingerprint density at radius 2 is 1.73 bits per heavy atom. The molecule has 0 atom stereocenters. The normalized spacial score (nSPS) is 10.7. The molecule has 2 N–H and O–H groups in total. The highest BCUT2D eigenvalue weighted by molar-refractivity contribution is 5.81. The molecule has 0 bridgehead atoms. The second kappa shape index (κ2) is 7.26. The number of benzene rings is 2. The van der Waals surface area contributed by atoms with Crippen LogP contribution in [-0.4, -0.2) is 22.2 Å². The van der Waals surface area contributed by atoms with Gasteiger partial charge in [0, 0.05) is 6.54 Å². The number of fused-ring (bicyclic) bond motifs is 1. The van der Waals surface area contributed by atoms with Crippen LogP contribution in [0, 0.1) is 6.92 Å². The zero-order valence-corrected chi connectivity index (χ0v) is 14.7. The van der Waals surface area contributed by atoms with Gasteiger partial charge in [0.05, 0.1) is 16.5 Å². The van der Waals surface area contributed by atoms with Crippen molar-refractivity contribution in [2.45, 2.75) is 20.4 Å². The average molecular weight is 352 g/mol. The summed E-state index contributed by atoms with van der Waals surface area (Å²) >= 11 is 0. The number of nitrogens with zero attached hydrogens (tertiary/aromatic N) is 2. The molecule has 1 heterocycles. The first kappa shape index (κ1) is 17.5. The summed E-state index contributed by atoms with van der Waals surface area (Å²) in [5, 5.41) is 4.74. The molecule has 2 aromatic carbocycles. The van der Waals surface area contributed by atoms with Crippen molar-refractivity contribution in [1.82, 2.24) is 15.2 Å². The molecule has 0 radical (unpaired) electrons. The number of aryl methyl sites for hydroxylation is 1. The molecular formula is C19H20N4O3. The van der Waals surface area contributed by atoms with Crippen molar-refractivity contribution in [3.05, 3.63) is 74.8 Å². The number of hydrogen-bond acceptors (Lipinski definition) is 4. The fourth-order valence-corrected chi connectivity index (χ4v) is 2.74. The van der Waals surface area contributed by atoms with Crippen LogP contribution in [0.15, 0.2) is 58.1 Å².